The quantitative estimate of drug-likeness (QED) is 0.134. The Balaban J connectivity index is 0.00000368. The van der Waals surface area contributed by atoms with Crippen LogP contribution in [0.2, 0.25) is 0 Å². The Labute approximate surface area is 255 Å². The molecule has 0 unspecified atom stereocenters. The molecule has 6 aromatic rings. The number of rotatable bonds is 4. The summed E-state index contributed by atoms with van der Waals surface area (Å²) >= 11 is 0. The summed E-state index contributed by atoms with van der Waals surface area (Å²) in [5, 5.41) is 28.8. The molecule has 2 aromatic heterocycles. The molecule has 4 aromatic carbocycles. The predicted molar refractivity (Wildman–Crippen MR) is 161 cm³/mol. The van der Waals surface area contributed by atoms with Crippen molar-refractivity contribution in [1.29, 1.82) is 0 Å². The van der Waals surface area contributed by atoms with E-state index in [9.17, 15) is 19.8 Å². The van der Waals surface area contributed by atoms with E-state index < -0.39 is 11.3 Å². The third-order valence-electron chi connectivity index (χ3n) is 7.32. The summed E-state index contributed by atoms with van der Waals surface area (Å²) in [7, 11) is 0. The molecule has 216 valence electrons. The second-order valence-corrected chi connectivity index (χ2v) is 10.2. The van der Waals surface area contributed by atoms with Gasteiger partial charge in [0.05, 0.1) is 11.4 Å². The summed E-state index contributed by atoms with van der Waals surface area (Å²) in [6, 6.07) is 20.1. The van der Waals surface area contributed by atoms with Crippen molar-refractivity contribution < 1.29 is 35.5 Å². The van der Waals surface area contributed by atoms with Gasteiger partial charge in [0.2, 0.25) is 0 Å². The molecular formula is C34H24N2NiO6. The molecule has 0 fully saturated rings. The van der Waals surface area contributed by atoms with Crippen LogP contribution in [-0.4, -0.2) is 11.4 Å². The number of nitrogens with zero attached hydrogens (tertiary/aromatic N) is 2. The van der Waals surface area contributed by atoms with E-state index in [1.807, 2.05) is 24.3 Å². The Morgan fingerprint density at radius 1 is 0.651 bits per heavy atom. The molecule has 0 amide bonds. The first-order valence-corrected chi connectivity index (χ1v) is 13.2. The van der Waals surface area contributed by atoms with E-state index in [0.29, 0.717) is 50.1 Å². The van der Waals surface area contributed by atoms with E-state index in [1.165, 1.54) is 24.3 Å². The van der Waals surface area contributed by atoms with Gasteiger partial charge in [-0.25, -0.2) is 9.59 Å². The number of benzene rings is 4. The Kier molecular flexibility index (Phi) is 7.78. The number of aliphatic imine (C=N–C) groups is 2. The van der Waals surface area contributed by atoms with Crippen LogP contribution in [-0.2, 0) is 16.5 Å². The summed E-state index contributed by atoms with van der Waals surface area (Å²) in [5.74, 6) is -0.634. The van der Waals surface area contributed by atoms with Gasteiger partial charge in [-0.15, -0.1) is 0 Å². The van der Waals surface area contributed by atoms with Gasteiger partial charge in [0.25, 0.3) is 0 Å². The van der Waals surface area contributed by atoms with Gasteiger partial charge in [-0.3, -0.25) is 9.98 Å². The summed E-state index contributed by atoms with van der Waals surface area (Å²) in [6.45, 7) is 6.96. The maximum absolute atomic E-state index is 13.0. The van der Waals surface area contributed by atoms with E-state index in [2.05, 4.69) is 0 Å². The number of fused-ring (bicyclic) bond motifs is 3. The summed E-state index contributed by atoms with van der Waals surface area (Å²) < 4.78 is 10.9. The van der Waals surface area contributed by atoms with Crippen LogP contribution in [0.4, 0.5) is 11.4 Å². The fourth-order valence-electron chi connectivity index (χ4n) is 5.38. The van der Waals surface area contributed by atoms with Gasteiger partial charge in [-0.1, -0.05) is 60.0 Å². The third kappa shape index (κ3) is 5.24. The number of hydrogen-bond acceptors (Lipinski definition) is 8. The number of hydrogen-bond donors (Lipinski definition) is 0. The monoisotopic (exact) mass is 614 g/mol. The minimum atomic E-state index is -0.547. The predicted octanol–water partition coefficient (Wildman–Crippen LogP) is 6.10. The Bertz CT molecular complexity index is 2110. The largest absolute Gasteiger partial charge is 2.00 e. The first-order chi connectivity index (χ1) is 20.1. The zero-order chi connectivity index (χ0) is 29.7. The van der Waals surface area contributed by atoms with Crippen molar-refractivity contribution in [3.8, 4) is 11.5 Å². The maximum Gasteiger partial charge on any atom is 2.00 e. The van der Waals surface area contributed by atoms with E-state index >= 15 is 0 Å². The molecular weight excluding hydrogens is 591 g/mol. The average molecular weight is 615 g/mol. The van der Waals surface area contributed by atoms with Crippen molar-refractivity contribution in [2.45, 2.75) is 27.7 Å². The van der Waals surface area contributed by atoms with Gasteiger partial charge in [-0.05, 0) is 56.3 Å². The van der Waals surface area contributed by atoms with Gasteiger partial charge in [0.1, 0.15) is 11.2 Å². The molecule has 0 spiro atoms. The van der Waals surface area contributed by atoms with Crippen LogP contribution in [0.1, 0.15) is 36.1 Å². The molecule has 0 saturated carbocycles. The molecule has 0 N–H and O–H groups in total. The molecule has 8 nitrogen and oxygen atoms in total. The molecule has 2 heterocycles. The Morgan fingerprint density at radius 2 is 1.07 bits per heavy atom. The van der Waals surface area contributed by atoms with Crippen LogP contribution in [0.5, 0.6) is 11.5 Å². The maximum atomic E-state index is 13.0. The molecule has 0 radical (unpaired) electrons. The molecule has 0 saturated heterocycles. The van der Waals surface area contributed by atoms with Crippen molar-refractivity contribution in [3.05, 3.63) is 116 Å². The molecule has 6 rings (SSSR count). The van der Waals surface area contributed by atoms with Crippen molar-refractivity contribution in [1.82, 2.24) is 0 Å². The average Bonchev–Trinajstić information content (AvgIpc) is 2.92. The van der Waals surface area contributed by atoms with E-state index in [-0.39, 0.29) is 50.3 Å². The standard InChI is InChI=1S/C34H26N2O6.Ni/c1-17-15-28(39)41-33-22(17)11-13-26(37)30(33)19(3)35-24-9-5-7-21-8-6-10-25(32(21)24)36-20(4)31-27(38)14-12-23-18(2)16-29(40)42-34(23)31;/h5-16,37-38H,1-4H3;/q;+2/p-2. The summed E-state index contributed by atoms with van der Waals surface area (Å²) in [4.78, 5) is 34.0. The van der Waals surface area contributed by atoms with Crippen molar-refractivity contribution in [3.63, 3.8) is 0 Å². The topological polar surface area (TPSA) is 131 Å². The molecule has 9 heteroatoms. The molecule has 0 aliphatic carbocycles. The Morgan fingerprint density at radius 3 is 1.49 bits per heavy atom. The fraction of sp³-hybridized carbons (Fsp3) is 0.118. The second-order valence-electron chi connectivity index (χ2n) is 10.2. The normalized spacial score (nSPS) is 12.2. The smallest absolute Gasteiger partial charge is 0.872 e. The van der Waals surface area contributed by atoms with Crippen LogP contribution in [0, 0.1) is 13.8 Å². The van der Waals surface area contributed by atoms with Crippen molar-refractivity contribution in [2.24, 2.45) is 9.98 Å². The van der Waals surface area contributed by atoms with Gasteiger partial charge < -0.3 is 19.0 Å². The van der Waals surface area contributed by atoms with E-state index in [0.717, 1.165) is 5.39 Å². The first-order valence-electron chi connectivity index (χ1n) is 13.2. The zero-order valence-corrected chi connectivity index (χ0v) is 24.6. The number of aryl methyl sites for hydroxylation is 2. The second kappa shape index (κ2) is 11.3. The van der Waals surface area contributed by atoms with Crippen molar-refractivity contribution in [2.75, 3.05) is 0 Å². The van der Waals surface area contributed by atoms with Gasteiger partial charge in [0, 0.05) is 50.8 Å². The SMILES string of the molecule is CC(=Nc1cccc2cccc(N=C(C)c3c([O-])ccc4c(C)cc(=O)oc34)c12)c1c([O-])ccc2c(C)cc(=O)oc12.[Ni+2]. The van der Waals surface area contributed by atoms with Crippen molar-refractivity contribution >= 4 is 55.5 Å². The summed E-state index contributed by atoms with van der Waals surface area (Å²) in [5.41, 5.74) is 2.91. The van der Waals surface area contributed by atoms with Crippen LogP contribution >= 0.6 is 0 Å². The van der Waals surface area contributed by atoms with Crippen LogP contribution in [0.15, 0.2) is 101 Å². The van der Waals surface area contributed by atoms with Crippen LogP contribution in [0.25, 0.3) is 32.7 Å². The Hall–Kier alpha value is -5.01. The van der Waals surface area contributed by atoms with E-state index in [4.69, 9.17) is 18.8 Å². The zero-order valence-electron chi connectivity index (χ0n) is 23.6. The molecule has 0 aliphatic rings. The molecule has 0 aliphatic heterocycles. The van der Waals surface area contributed by atoms with Crippen LogP contribution in [0.3, 0.4) is 0 Å². The first kappa shape index (κ1) is 29.5. The molecule has 0 atom stereocenters. The van der Waals surface area contributed by atoms with E-state index in [1.54, 1.807) is 52.0 Å². The van der Waals surface area contributed by atoms with Crippen LogP contribution < -0.4 is 21.5 Å². The molecule has 43 heavy (non-hydrogen) atoms. The third-order valence-corrected chi connectivity index (χ3v) is 7.32. The minimum Gasteiger partial charge on any atom is -0.872 e. The van der Waals surface area contributed by atoms with Gasteiger partial charge >= 0.3 is 27.7 Å². The summed E-state index contributed by atoms with van der Waals surface area (Å²) in [6.07, 6.45) is 0. The van der Waals surface area contributed by atoms with Gasteiger partial charge in [0.15, 0.2) is 0 Å². The van der Waals surface area contributed by atoms with Gasteiger partial charge in [-0.2, -0.15) is 0 Å². The fourth-order valence-corrected chi connectivity index (χ4v) is 5.38. The minimum absolute atomic E-state index is 0. The molecule has 0 bridgehead atoms.